The van der Waals surface area contributed by atoms with Gasteiger partial charge in [0.15, 0.2) is 0 Å². The van der Waals surface area contributed by atoms with E-state index in [9.17, 15) is 19.1 Å². The number of rotatable bonds is 4. The van der Waals surface area contributed by atoms with Crippen molar-refractivity contribution in [2.75, 3.05) is 11.9 Å². The van der Waals surface area contributed by atoms with Crippen LogP contribution in [0, 0.1) is 14.8 Å². The summed E-state index contributed by atoms with van der Waals surface area (Å²) >= 11 is 1.92. The van der Waals surface area contributed by atoms with Crippen LogP contribution in [0.15, 0.2) is 18.2 Å². The Bertz CT molecular complexity index is 559. The molecule has 0 saturated heterocycles. The highest BCUT2D eigenvalue weighted by molar-refractivity contribution is 14.1. The van der Waals surface area contributed by atoms with Crippen LogP contribution in [0.5, 0.6) is 0 Å². The lowest BCUT2D eigenvalue weighted by Gasteiger charge is -2.24. The van der Waals surface area contributed by atoms with Crippen molar-refractivity contribution >= 4 is 40.3 Å². The topological polar surface area (TPSA) is 78.4 Å². The molecule has 1 saturated carbocycles. The molecule has 2 amide bonds. The van der Waals surface area contributed by atoms with Gasteiger partial charge in [0.1, 0.15) is 5.82 Å². The third-order valence-corrected chi connectivity index (χ3v) is 4.67. The van der Waals surface area contributed by atoms with Crippen molar-refractivity contribution in [2.24, 2.45) is 5.41 Å². The number of carboxylic acids is 1. The Morgan fingerprint density at radius 3 is 2.57 bits per heavy atom. The van der Waals surface area contributed by atoms with Gasteiger partial charge in [0.25, 0.3) is 0 Å². The maximum absolute atomic E-state index is 13.0. The second-order valence-electron chi connectivity index (χ2n) is 5.22. The van der Waals surface area contributed by atoms with Crippen LogP contribution in [0.2, 0.25) is 0 Å². The molecule has 5 nitrogen and oxygen atoms in total. The molecule has 21 heavy (non-hydrogen) atoms. The number of hydrogen-bond acceptors (Lipinski definition) is 2. The van der Waals surface area contributed by atoms with Crippen molar-refractivity contribution in [3.05, 3.63) is 27.6 Å². The van der Waals surface area contributed by atoms with Gasteiger partial charge in [-0.15, -0.1) is 0 Å². The van der Waals surface area contributed by atoms with Gasteiger partial charge in [-0.25, -0.2) is 9.18 Å². The smallest absolute Gasteiger partial charge is 0.319 e. The normalized spacial score (nSPS) is 16.5. The summed E-state index contributed by atoms with van der Waals surface area (Å²) in [6.45, 7) is 0.103. The molecule has 114 valence electrons. The molecule has 0 heterocycles. The first-order valence-corrected chi connectivity index (χ1v) is 7.74. The number of carbonyl (C=O) groups excluding carboxylic acids is 1. The second-order valence-corrected chi connectivity index (χ2v) is 6.39. The SMILES string of the molecule is O=C(NCC1(C(=O)O)CCCC1)Nc1ccc(F)cc1I. The minimum atomic E-state index is -0.864. The first kappa shape index (κ1) is 16.0. The van der Waals surface area contributed by atoms with E-state index in [4.69, 9.17) is 0 Å². The first-order valence-electron chi connectivity index (χ1n) is 6.66. The summed E-state index contributed by atoms with van der Waals surface area (Å²) in [6, 6.07) is 3.56. The minimum Gasteiger partial charge on any atom is -0.481 e. The standard InChI is InChI=1S/C14H16FIN2O3/c15-9-3-4-11(10(16)7-9)18-13(21)17-8-14(12(19)20)5-1-2-6-14/h3-4,7H,1-2,5-6,8H2,(H,19,20)(H2,17,18,21). The fraction of sp³-hybridized carbons (Fsp3) is 0.429. The van der Waals surface area contributed by atoms with E-state index in [1.807, 2.05) is 22.6 Å². The van der Waals surface area contributed by atoms with E-state index in [0.29, 0.717) is 22.1 Å². The molecule has 7 heteroatoms. The average Bonchev–Trinajstić information content (AvgIpc) is 2.90. The Balaban J connectivity index is 1.94. The third kappa shape index (κ3) is 3.84. The first-order chi connectivity index (χ1) is 9.93. The highest BCUT2D eigenvalue weighted by Crippen LogP contribution is 2.37. The molecule has 0 bridgehead atoms. The third-order valence-electron chi connectivity index (χ3n) is 3.78. The molecule has 1 aromatic carbocycles. The lowest BCUT2D eigenvalue weighted by Crippen LogP contribution is -2.42. The predicted molar refractivity (Wildman–Crippen MR) is 84.7 cm³/mol. The number of carboxylic acid groups (broad SMARTS) is 1. The van der Waals surface area contributed by atoms with Gasteiger partial charge < -0.3 is 15.7 Å². The maximum atomic E-state index is 13.0. The quantitative estimate of drug-likeness (QED) is 0.673. The molecule has 1 fully saturated rings. The van der Waals surface area contributed by atoms with Crippen LogP contribution in [0.1, 0.15) is 25.7 Å². The number of aliphatic carboxylic acids is 1. The zero-order chi connectivity index (χ0) is 15.5. The van der Waals surface area contributed by atoms with Gasteiger partial charge >= 0.3 is 12.0 Å². The lowest BCUT2D eigenvalue weighted by atomic mass is 9.86. The molecule has 0 spiro atoms. The monoisotopic (exact) mass is 406 g/mol. The van der Waals surface area contributed by atoms with Crippen LogP contribution in [0.25, 0.3) is 0 Å². The Hall–Kier alpha value is -1.38. The Morgan fingerprint density at radius 1 is 1.33 bits per heavy atom. The highest BCUT2D eigenvalue weighted by atomic mass is 127. The summed E-state index contributed by atoms with van der Waals surface area (Å²) < 4.78 is 13.6. The van der Waals surface area contributed by atoms with E-state index in [2.05, 4.69) is 10.6 Å². The van der Waals surface area contributed by atoms with E-state index in [0.717, 1.165) is 12.8 Å². The molecule has 0 aliphatic heterocycles. The minimum absolute atomic E-state index is 0.103. The summed E-state index contributed by atoms with van der Waals surface area (Å²) in [5.41, 5.74) is -0.363. The van der Waals surface area contributed by atoms with Gasteiger partial charge in [0.05, 0.1) is 11.1 Å². The summed E-state index contributed by atoms with van der Waals surface area (Å²) in [5, 5.41) is 14.5. The molecule has 0 aromatic heterocycles. The number of benzene rings is 1. The number of halogens is 2. The Kier molecular flexibility index (Phi) is 5.02. The van der Waals surface area contributed by atoms with Crippen LogP contribution < -0.4 is 10.6 Å². The molecule has 0 unspecified atom stereocenters. The maximum Gasteiger partial charge on any atom is 0.319 e. The zero-order valence-corrected chi connectivity index (χ0v) is 13.4. The van der Waals surface area contributed by atoms with Crippen molar-refractivity contribution in [3.63, 3.8) is 0 Å². The second kappa shape index (κ2) is 6.59. The molecule has 1 aliphatic carbocycles. The predicted octanol–water partition coefficient (Wildman–Crippen LogP) is 3.20. The Morgan fingerprint density at radius 2 is 2.00 bits per heavy atom. The van der Waals surface area contributed by atoms with Gasteiger partial charge in [0, 0.05) is 10.1 Å². The molecule has 0 radical (unpaired) electrons. The summed E-state index contributed by atoms with van der Waals surface area (Å²) in [5.74, 6) is -1.24. The summed E-state index contributed by atoms with van der Waals surface area (Å²) in [6.07, 6.45) is 2.89. The Labute approximate surface area is 135 Å². The van der Waals surface area contributed by atoms with Gasteiger partial charge in [-0.05, 0) is 53.6 Å². The van der Waals surface area contributed by atoms with Gasteiger partial charge in [-0.3, -0.25) is 4.79 Å². The highest BCUT2D eigenvalue weighted by Gasteiger charge is 2.41. The molecular weight excluding hydrogens is 390 g/mol. The van der Waals surface area contributed by atoms with Gasteiger partial charge in [0.2, 0.25) is 0 Å². The van der Waals surface area contributed by atoms with Crippen molar-refractivity contribution in [3.8, 4) is 0 Å². The van der Waals surface area contributed by atoms with Crippen LogP contribution >= 0.6 is 22.6 Å². The van der Waals surface area contributed by atoms with Crippen molar-refractivity contribution in [1.82, 2.24) is 5.32 Å². The summed E-state index contributed by atoms with van der Waals surface area (Å²) in [7, 11) is 0. The molecular formula is C14H16FIN2O3. The van der Waals surface area contributed by atoms with E-state index < -0.39 is 17.4 Å². The molecule has 2 rings (SSSR count). The van der Waals surface area contributed by atoms with Crippen molar-refractivity contribution < 1.29 is 19.1 Å². The van der Waals surface area contributed by atoms with E-state index >= 15 is 0 Å². The number of carbonyl (C=O) groups is 2. The molecule has 3 N–H and O–H groups in total. The number of urea groups is 1. The van der Waals surface area contributed by atoms with E-state index in [1.165, 1.54) is 18.2 Å². The fourth-order valence-electron chi connectivity index (χ4n) is 2.52. The van der Waals surface area contributed by atoms with Gasteiger partial charge in [-0.2, -0.15) is 0 Å². The van der Waals surface area contributed by atoms with Gasteiger partial charge in [-0.1, -0.05) is 12.8 Å². The number of anilines is 1. The molecule has 0 atom stereocenters. The number of nitrogens with one attached hydrogen (secondary N) is 2. The number of hydrogen-bond donors (Lipinski definition) is 3. The lowest BCUT2D eigenvalue weighted by molar-refractivity contribution is -0.148. The number of amides is 2. The van der Waals surface area contributed by atoms with E-state index in [1.54, 1.807) is 0 Å². The van der Waals surface area contributed by atoms with Crippen LogP contribution in [-0.2, 0) is 4.79 Å². The molecule has 1 aliphatic rings. The largest absolute Gasteiger partial charge is 0.481 e. The van der Waals surface area contributed by atoms with Crippen molar-refractivity contribution in [1.29, 1.82) is 0 Å². The average molecular weight is 406 g/mol. The van der Waals surface area contributed by atoms with Crippen LogP contribution in [-0.4, -0.2) is 23.7 Å². The van der Waals surface area contributed by atoms with E-state index in [-0.39, 0.29) is 12.4 Å². The zero-order valence-electron chi connectivity index (χ0n) is 11.3. The fourth-order valence-corrected chi connectivity index (χ4v) is 3.14. The molecule has 1 aromatic rings. The van der Waals surface area contributed by atoms with Crippen LogP contribution in [0.4, 0.5) is 14.9 Å². The van der Waals surface area contributed by atoms with Crippen LogP contribution in [0.3, 0.4) is 0 Å². The van der Waals surface area contributed by atoms with Crippen molar-refractivity contribution in [2.45, 2.75) is 25.7 Å². The summed E-state index contributed by atoms with van der Waals surface area (Å²) in [4.78, 5) is 23.2.